The van der Waals surface area contributed by atoms with E-state index in [0.717, 1.165) is 4.31 Å². The number of carbonyl (C=O) groups is 1. The third-order valence-electron chi connectivity index (χ3n) is 3.37. The Morgan fingerprint density at radius 3 is 2.29 bits per heavy atom. The van der Waals surface area contributed by atoms with Crippen LogP contribution in [0.5, 0.6) is 0 Å². The first-order valence-corrected chi connectivity index (χ1v) is 9.29. The van der Waals surface area contributed by atoms with Crippen LogP contribution in [-0.2, 0) is 10.0 Å². The van der Waals surface area contributed by atoms with Gasteiger partial charge in [0.1, 0.15) is 0 Å². The van der Waals surface area contributed by atoms with Crippen LogP contribution in [0.15, 0.2) is 47.4 Å². The van der Waals surface area contributed by atoms with E-state index in [2.05, 4.69) is 5.32 Å². The van der Waals surface area contributed by atoms with E-state index < -0.39 is 10.0 Å². The average molecular weight is 387 g/mol. The number of rotatable bonds is 5. The lowest BCUT2D eigenvalue weighted by Crippen LogP contribution is -2.27. The van der Waals surface area contributed by atoms with Gasteiger partial charge in [-0.1, -0.05) is 23.2 Å². The number of hydrogen-bond acceptors (Lipinski definition) is 3. The van der Waals surface area contributed by atoms with Gasteiger partial charge in [-0.25, -0.2) is 8.42 Å². The van der Waals surface area contributed by atoms with Gasteiger partial charge in [-0.2, -0.15) is 0 Å². The van der Waals surface area contributed by atoms with Gasteiger partial charge in [-0.3, -0.25) is 9.10 Å². The van der Waals surface area contributed by atoms with E-state index in [1.807, 2.05) is 0 Å². The summed E-state index contributed by atoms with van der Waals surface area (Å²) in [6, 6.07) is 10.3. The zero-order valence-corrected chi connectivity index (χ0v) is 15.4. The Labute approximate surface area is 151 Å². The molecule has 128 valence electrons. The Bertz CT molecular complexity index is 852. The highest BCUT2D eigenvalue weighted by Crippen LogP contribution is 2.27. The molecule has 0 fully saturated rings. The molecule has 0 aliphatic heterocycles. The molecule has 0 unspecified atom stereocenters. The van der Waals surface area contributed by atoms with Crippen LogP contribution in [0.2, 0.25) is 10.0 Å². The van der Waals surface area contributed by atoms with E-state index in [4.69, 9.17) is 23.2 Å². The maximum absolute atomic E-state index is 12.6. The first kappa shape index (κ1) is 18.6. The topological polar surface area (TPSA) is 66.5 Å². The second-order valence-electron chi connectivity index (χ2n) is 4.95. The van der Waals surface area contributed by atoms with Crippen molar-refractivity contribution >= 4 is 44.8 Å². The van der Waals surface area contributed by atoms with Crippen molar-refractivity contribution in [1.29, 1.82) is 0 Å². The predicted molar refractivity (Wildman–Crippen MR) is 96.5 cm³/mol. The van der Waals surface area contributed by atoms with E-state index in [0.29, 0.717) is 22.8 Å². The summed E-state index contributed by atoms with van der Waals surface area (Å²) in [7, 11) is -2.34. The molecule has 8 heteroatoms. The SMILES string of the molecule is CCNC(=O)c1ccc(N(C)S(=O)(=O)c2ccc(Cl)cc2)cc1Cl. The normalized spacial score (nSPS) is 11.2. The quantitative estimate of drug-likeness (QED) is 0.853. The second kappa shape index (κ2) is 7.42. The van der Waals surface area contributed by atoms with Crippen LogP contribution >= 0.6 is 23.2 Å². The van der Waals surface area contributed by atoms with Crippen molar-refractivity contribution in [3.63, 3.8) is 0 Å². The highest BCUT2D eigenvalue weighted by molar-refractivity contribution is 7.92. The summed E-state index contributed by atoms with van der Waals surface area (Å²) >= 11 is 11.9. The number of benzene rings is 2. The zero-order valence-electron chi connectivity index (χ0n) is 13.1. The molecule has 0 aromatic heterocycles. The van der Waals surface area contributed by atoms with Crippen molar-refractivity contribution in [3.8, 4) is 0 Å². The van der Waals surface area contributed by atoms with E-state index in [1.165, 1.54) is 49.5 Å². The molecule has 0 atom stereocenters. The molecule has 2 rings (SSSR count). The largest absolute Gasteiger partial charge is 0.352 e. The number of nitrogens with one attached hydrogen (secondary N) is 1. The van der Waals surface area contributed by atoms with Crippen molar-refractivity contribution < 1.29 is 13.2 Å². The lowest BCUT2D eigenvalue weighted by atomic mass is 10.2. The van der Waals surface area contributed by atoms with Crippen LogP contribution in [0.25, 0.3) is 0 Å². The van der Waals surface area contributed by atoms with Crippen LogP contribution in [0, 0.1) is 0 Å². The average Bonchev–Trinajstić information content (AvgIpc) is 2.54. The van der Waals surface area contributed by atoms with Gasteiger partial charge in [0.15, 0.2) is 0 Å². The van der Waals surface area contributed by atoms with Gasteiger partial charge in [-0.05, 0) is 49.4 Å². The molecule has 0 spiro atoms. The smallest absolute Gasteiger partial charge is 0.264 e. The Morgan fingerprint density at radius 1 is 1.12 bits per heavy atom. The number of sulfonamides is 1. The zero-order chi connectivity index (χ0) is 17.9. The summed E-state index contributed by atoms with van der Waals surface area (Å²) in [5.74, 6) is -0.308. The molecule has 0 bridgehead atoms. The minimum atomic E-state index is -3.75. The van der Waals surface area contributed by atoms with E-state index >= 15 is 0 Å². The van der Waals surface area contributed by atoms with Gasteiger partial charge in [0.25, 0.3) is 15.9 Å². The minimum absolute atomic E-state index is 0.110. The number of amides is 1. The van der Waals surface area contributed by atoms with E-state index in [9.17, 15) is 13.2 Å². The molecule has 0 saturated heterocycles. The monoisotopic (exact) mass is 386 g/mol. The Hall–Kier alpha value is -1.76. The number of hydrogen-bond donors (Lipinski definition) is 1. The molecular weight excluding hydrogens is 371 g/mol. The summed E-state index contributed by atoms with van der Waals surface area (Å²) < 4.78 is 26.4. The minimum Gasteiger partial charge on any atom is -0.352 e. The lowest BCUT2D eigenvalue weighted by molar-refractivity contribution is 0.0956. The van der Waals surface area contributed by atoms with Gasteiger partial charge in [0.2, 0.25) is 0 Å². The predicted octanol–water partition coefficient (Wildman–Crippen LogP) is 3.57. The molecule has 1 N–H and O–H groups in total. The molecule has 1 amide bonds. The molecule has 0 radical (unpaired) electrons. The number of halogens is 2. The molecule has 0 aliphatic carbocycles. The molecule has 0 aliphatic rings. The van der Waals surface area contributed by atoms with Crippen molar-refractivity contribution in [3.05, 3.63) is 58.1 Å². The number of carbonyl (C=O) groups excluding carboxylic acids is 1. The Balaban J connectivity index is 2.35. The van der Waals surface area contributed by atoms with Crippen molar-refractivity contribution in [2.24, 2.45) is 0 Å². The fourth-order valence-electron chi connectivity index (χ4n) is 2.04. The fourth-order valence-corrected chi connectivity index (χ4v) is 3.62. The summed E-state index contributed by atoms with van der Waals surface area (Å²) in [6.45, 7) is 2.27. The standard InChI is InChI=1S/C16H16Cl2N2O3S/c1-3-19-16(21)14-9-6-12(10-15(14)18)20(2)24(22,23)13-7-4-11(17)5-8-13/h4-10H,3H2,1-2H3,(H,19,21). The van der Waals surface area contributed by atoms with Crippen LogP contribution in [-0.4, -0.2) is 27.9 Å². The van der Waals surface area contributed by atoms with E-state index in [1.54, 1.807) is 6.92 Å². The molecule has 24 heavy (non-hydrogen) atoms. The first-order valence-electron chi connectivity index (χ1n) is 7.09. The third kappa shape index (κ3) is 3.83. The summed E-state index contributed by atoms with van der Waals surface area (Å²) in [6.07, 6.45) is 0. The molecule has 2 aromatic carbocycles. The van der Waals surface area contributed by atoms with Crippen LogP contribution < -0.4 is 9.62 Å². The fraction of sp³-hybridized carbons (Fsp3) is 0.188. The van der Waals surface area contributed by atoms with Gasteiger partial charge in [0.05, 0.1) is 21.2 Å². The number of anilines is 1. The van der Waals surface area contributed by atoms with Gasteiger partial charge in [0, 0.05) is 18.6 Å². The third-order valence-corrected chi connectivity index (χ3v) is 5.73. The molecular formula is C16H16Cl2N2O3S. The Morgan fingerprint density at radius 2 is 1.75 bits per heavy atom. The maximum Gasteiger partial charge on any atom is 0.264 e. The van der Waals surface area contributed by atoms with Crippen molar-refractivity contribution in [1.82, 2.24) is 5.32 Å². The lowest BCUT2D eigenvalue weighted by Gasteiger charge is -2.20. The Kier molecular flexibility index (Phi) is 5.74. The summed E-state index contributed by atoms with van der Waals surface area (Å²) in [5, 5.41) is 3.27. The maximum atomic E-state index is 12.6. The highest BCUT2D eigenvalue weighted by Gasteiger charge is 2.22. The van der Waals surface area contributed by atoms with Crippen LogP contribution in [0.3, 0.4) is 0 Å². The van der Waals surface area contributed by atoms with Crippen LogP contribution in [0.4, 0.5) is 5.69 Å². The number of nitrogens with zero attached hydrogens (tertiary/aromatic N) is 1. The molecule has 5 nitrogen and oxygen atoms in total. The van der Waals surface area contributed by atoms with Crippen molar-refractivity contribution in [2.75, 3.05) is 17.9 Å². The van der Waals surface area contributed by atoms with Crippen molar-refractivity contribution in [2.45, 2.75) is 11.8 Å². The van der Waals surface area contributed by atoms with E-state index in [-0.39, 0.29) is 15.8 Å². The van der Waals surface area contributed by atoms with Gasteiger partial charge >= 0.3 is 0 Å². The summed E-state index contributed by atoms with van der Waals surface area (Å²) in [4.78, 5) is 12.0. The molecule has 0 heterocycles. The second-order valence-corrected chi connectivity index (χ2v) is 7.76. The highest BCUT2D eigenvalue weighted by atomic mass is 35.5. The van der Waals surface area contributed by atoms with Gasteiger partial charge < -0.3 is 5.32 Å². The molecule has 0 saturated carbocycles. The van der Waals surface area contributed by atoms with Gasteiger partial charge in [-0.15, -0.1) is 0 Å². The first-order chi connectivity index (χ1) is 11.3. The summed E-state index contributed by atoms with van der Waals surface area (Å²) in [5.41, 5.74) is 0.641. The van der Waals surface area contributed by atoms with Crippen LogP contribution in [0.1, 0.15) is 17.3 Å². The molecule has 2 aromatic rings.